The largest absolute Gasteiger partial charge is 0.481 e. The van der Waals surface area contributed by atoms with Gasteiger partial charge in [0, 0.05) is 64.2 Å². The Balaban J connectivity index is 2.98. The van der Waals surface area contributed by atoms with Gasteiger partial charge < -0.3 is 30.2 Å². The van der Waals surface area contributed by atoms with Crippen molar-refractivity contribution < 1.29 is 53.0 Å². The first-order chi connectivity index (χ1) is 18.0. The fourth-order valence-corrected chi connectivity index (χ4v) is 8.59. The lowest BCUT2D eigenvalue weighted by molar-refractivity contribution is -0.137. The maximum Gasteiger partial charge on any atom is 0.303 e. The van der Waals surface area contributed by atoms with Crippen LogP contribution in [0.1, 0.15) is 19.3 Å². The van der Waals surface area contributed by atoms with Crippen LogP contribution in [0.25, 0.3) is 0 Å². The number of nitrogens with one attached hydrogen (secondary N) is 1. The molecule has 0 aliphatic carbocycles. The summed E-state index contributed by atoms with van der Waals surface area (Å²) < 4.78 is 38.1. The van der Waals surface area contributed by atoms with E-state index in [0.717, 1.165) is 0 Å². The fraction of sp³-hybridized carbons (Fsp3) is 0.762. The van der Waals surface area contributed by atoms with Gasteiger partial charge in [-0.05, 0) is 0 Å². The number of aliphatic carboxylic acids is 2. The minimum Gasteiger partial charge on any atom is -0.481 e. The Morgan fingerprint density at radius 3 is 1.26 bits per heavy atom. The number of terminal acetylenes is 1. The average molecular weight is 616 g/mol. The molecule has 0 spiro atoms. The molecule has 3 atom stereocenters. The van der Waals surface area contributed by atoms with Gasteiger partial charge in [-0.1, -0.05) is 5.92 Å². The zero-order valence-electron chi connectivity index (χ0n) is 21.8. The summed E-state index contributed by atoms with van der Waals surface area (Å²) in [6.07, 6.45) is 1.79. The summed E-state index contributed by atoms with van der Waals surface area (Å²) in [7, 11) is -11.5. The van der Waals surface area contributed by atoms with E-state index in [2.05, 4.69) is 11.2 Å². The summed E-state index contributed by atoms with van der Waals surface area (Å²) in [5.41, 5.74) is 0. The monoisotopic (exact) mass is 616 g/mol. The quantitative estimate of drug-likeness (QED) is 0.0966. The third-order valence-electron chi connectivity index (χ3n) is 5.89. The Hall–Kier alpha value is -1.58. The molecule has 1 amide bonds. The van der Waals surface area contributed by atoms with Crippen molar-refractivity contribution in [2.45, 2.75) is 19.3 Å². The minimum atomic E-state index is -3.86. The van der Waals surface area contributed by atoms with E-state index in [1.54, 1.807) is 14.7 Å². The molecule has 1 heterocycles. The van der Waals surface area contributed by atoms with Gasteiger partial charge in [0.15, 0.2) is 0 Å². The van der Waals surface area contributed by atoms with E-state index in [9.17, 15) is 42.8 Å². The summed E-state index contributed by atoms with van der Waals surface area (Å²) in [4.78, 5) is 69.4. The molecule has 6 N–H and O–H groups in total. The van der Waals surface area contributed by atoms with E-state index in [4.69, 9.17) is 16.6 Å². The van der Waals surface area contributed by atoms with E-state index in [-0.39, 0.29) is 77.3 Å². The number of carbonyl (C=O) groups is 3. The van der Waals surface area contributed by atoms with Crippen LogP contribution in [0.2, 0.25) is 0 Å². The predicted octanol–water partition coefficient (Wildman–Crippen LogP) is -0.321. The second-order valence-electron chi connectivity index (χ2n) is 9.51. The van der Waals surface area contributed by atoms with Gasteiger partial charge in [-0.15, -0.1) is 6.42 Å². The highest BCUT2D eigenvalue weighted by molar-refractivity contribution is 7.58. The highest BCUT2D eigenvalue weighted by Gasteiger charge is 2.30. The Labute approximate surface area is 227 Å². The molecule has 0 aromatic carbocycles. The zero-order chi connectivity index (χ0) is 29.7. The molecular weight excluding hydrogens is 577 g/mol. The third kappa shape index (κ3) is 17.0. The maximum absolute atomic E-state index is 12.8. The first kappa shape index (κ1) is 35.4. The summed E-state index contributed by atoms with van der Waals surface area (Å²) in [6, 6.07) is 0. The summed E-state index contributed by atoms with van der Waals surface area (Å²) in [5.74, 6) is -0.656. The van der Waals surface area contributed by atoms with Crippen molar-refractivity contribution >= 4 is 40.0 Å². The standard InChI is InChI=1S/C21H39N4O11P3/c1-2-6-22-19(26)3-13-37(31,32)16-23-7-9-24(17-38(33,34)14-4-20(27)28)11-12-25(10-8-23)18-39(35,36)15-5-21(29)30/h1H,3-18H2,(H,22,26)(H,27,28)(H,29,30)(H,31,32)(H,33,34)(H,35,36). The second kappa shape index (κ2) is 16.6. The molecule has 224 valence electrons. The third-order valence-corrected chi connectivity index (χ3v) is 11.2. The molecule has 0 saturated carbocycles. The van der Waals surface area contributed by atoms with Crippen LogP contribution in [0.3, 0.4) is 0 Å². The van der Waals surface area contributed by atoms with E-state index in [1.807, 2.05) is 0 Å². The van der Waals surface area contributed by atoms with Crippen LogP contribution < -0.4 is 5.32 Å². The molecular formula is C21H39N4O11P3. The molecule has 1 aliphatic rings. The van der Waals surface area contributed by atoms with Gasteiger partial charge in [0.1, 0.15) is 0 Å². The topological polar surface area (TPSA) is 225 Å². The Bertz CT molecular complexity index is 983. The molecule has 1 fully saturated rings. The first-order valence-corrected chi connectivity index (χ1v) is 18.3. The van der Waals surface area contributed by atoms with Crippen LogP contribution in [-0.4, -0.2) is 141 Å². The molecule has 3 unspecified atom stereocenters. The summed E-state index contributed by atoms with van der Waals surface area (Å²) in [5, 5.41) is 20.1. The Morgan fingerprint density at radius 2 is 0.974 bits per heavy atom. The lowest BCUT2D eigenvalue weighted by Crippen LogP contribution is -2.37. The normalized spacial score (nSPS) is 20.7. The van der Waals surface area contributed by atoms with Gasteiger partial charge in [0.2, 0.25) is 28.0 Å². The Kier molecular flexibility index (Phi) is 15.1. The van der Waals surface area contributed by atoms with Crippen LogP contribution in [0.5, 0.6) is 0 Å². The van der Waals surface area contributed by atoms with Crippen molar-refractivity contribution in [2.24, 2.45) is 0 Å². The highest BCUT2D eigenvalue weighted by Crippen LogP contribution is 2.44. The van der Waals surface area contributed by atoms with Crippen molar-refractivity contribution in [3.05, 3.63) is 0 Å². The van der Waals surface area contributed by atoms with Gasteiger partial charge >= 0.3 is 11.9 Å². The number of carbonyl (C=O) groups excluding carboxylic acids is 1. The molecule has 1 rings (SSSR count). The van der Waals surface area contributed by atoms with Crippen molar-refractivity contribution in [2.75, 3.05) is 83.2 Å². The fourth-order valence-electron chi connectivity index (χ4n) is 3.81. The van der Waals surface area contributed by atoms with Crippen LogP contribution in [-0.2, 0) is 28.1 Å². The van der Waals surface area contributed by atoms with Gasteiger partial charge in [-0.25, -0.2) is 0 Å². The van der Waals surface area contributed by atoms with Crippen LogP contribution in [0, 0.1) is 12.3 Å². The smallest absolute Gasteiger partial charge is 0.303 e. The van der Waals surface area contributed by atoms with Crippen molar-refractivity contribution in [3.63, 3.8) is 0 Å². The number of nitrogens with zero attached hydrogens (tertiary/aromatic N) is 3. The van der Waals surface area contributed by atoms with Gasteiger partial charge in [0.25, 0.3) is 0 Å². The van der Waals surface area contributed by atoms with E-state index >= 15 is 0 Å². The van der Waals surface area contributed by atoms with Crippen LogP contribution >= 0.6 is 22.1 Å². The van der Waals surface area contributed by atoms with Gasteiger partial charge in [0.05, 0.1) is 38.2 Å². The maximum atomic E-state index is 12.8. The SMILES string of the molecule is C#CCNC(=O)CCP(=O)(O)CN1CCN(CP(=O)(O)CCC(=O)O)CCN(CP(=O)(O)CCC(=O)O)CC1. The van der Waals surface area contributed by atoms with E-state index < -0.39 is 65.1 Å². The van der Waals surface area contributed by atoms with Crippen LogP contribution in [0.15, 0.2) is 0 Å². The molecule has 0 bridgehead atoms. The molecule has 0 radical (unpaired) electrons. The molecule has 0 aromatic heterocycles. The summed E-state index contributed by atoms with van der Waals surface area (Å²) in [6.45, 7) is 1.18. The first-order valence-electron chi connectivity index (χ1n) is 12.3. The van der Waals surface area contributed by atoms with Gasteiger partial charge in [-0.2, -0.15) is 0 Å². The summed E-state index contributed by atoms with van der Waals surface area (Å²) >= 11 is 0. The van der Waals surface area contributed by atoms with Crippen molar-refractivity contribution in [3.8, 4) is 12.3 Å². The van der Waals surface area contributed by atoms with E-state index in [0.29, 0.717) is 0 Å². The number of hydrogen-bond acceptors (Lipinski definition) is 9. The predicted molar refractivity (Wildman–Crippen MR) is 144 cm³/mol. The molecule has 0 aromatic rings. The zero-order valence-corrected chi connectivity index (χ0v) is 24.4. The molecule has 15 nitrogen and oxygen atoms in total. The lowest BCUT2D eigenvalue weighted by atomic mass is 10.4. The number of carboxylic acid groups (broad SMARTS) is 2. The number of carboxylic acids is 2. The second-order valence-corrected chi connectivity index (χ2v) is 16.8. The highest BCUT2D eigenvalue weighted by atomic mass is 31.2. The molecule has 1 aliphatic heterocycles. The molecule has 1 saturated heterocycles. The molecule has 18 heteroatoms. The number of rotatable bonds is 16. The minimum absolute atomic E-state index is 0.00524. The van der Waals surface area contributed by atoms with Crippen molar-refractivity contribution in [1.82, 2.24) is 20.0 Å². The molecule has 39 heavy (non-hydrogen) atoms. The number of hydrogen-bond donors (Lipinski definition) is 6. The van der Waals surface area contributed by atoms with Crippen LogP contribution in [0.4, 0.5) is 0 Å². The number of amides is 1. The van der Waals surface area contributed by atoms with Gasteiger partial charge in [-0.3, -0.25) is 42.8 Å². The van der Waals surface area contributed by atoms with E-state index in [1.165, 1.54) is 0 Å². The Morgan fingerprint density at radius 1 is 0.667 bits per heavy atom. The van der Waals surface area contributed by atoms with Crippen molar-refractivity contribution in [1.29, 1.82) is 0 Å². The average Bonchev–Trinajstić information content (AvgIpc) is 2.90. The lowest BCUT2D eigenvalue weighted by Gasteiger charge is -2.28.